The topological polar surface area (TPSA) is 0 Å². The van der Waals surface area contributed by atoms with Gasteiger partial charge in [0.15, 0.2) is 0 Å². The minimum atomic E-state index is 1.09. The van der Waals surface area contributed by atoms with Crippen molar-refractivity contribution in [3.63, 3.8) is 0 Å². The Morgan fingerprint density at radius 2 is 2.00 bits per heavy atom. The normalized spacial score (nSPS) is 9.75. The minimum absolute atomic E-state index is 1.09. The molecule has 0 fully saturated rings. The highest BCUT2D eigenvalue weighted by Gasteiger charge is 1.93. The predicted octanol–water partition coefficient (Wildman–Crippen LogP) is 3.50. The number of hydrogen-bond donors (Lipinski definition) is 0. The number of hydrogen-bond acceptors (Lipinski definition) is 1. The van der Waals surface area contributed by atoms with E-state index in [2.05, 4.69) is 37.1 Å². The van der Waals surface area contributed by atoms with Gasteiger partial charge < -0.3 is 0 Å². The summed E-state index contributed by atoms with van der Waals surface area (Å²) in [6.07, 6.45) is 4.28. The molecule has 0 aliphatic heterocycles. The first-order valence-electron chi connectivity index (χ1n) is 4.08. The van der Waals surface area contributed by atoms with E-state index in [0.29, 0.717) is 0 Å². The van der Waals surface area contributed by atoms with Gasteiger partial charge in [-0.25, -0.2) is 0 Å². The maximum absolute atomic E-state index is 3.95. The molecule has 0 N–H and O–H groups in total. The molecule has 0 saturated heterocycles. The van der Waals surface area contributed by atoms with E-state index in [4.69, 9.17) is 0 Å². The molecule has 0 bridgehead atoms. The maximum Gasteiger partial charge on any atom is -0.0140 e. The summed E-state index contributed by atoms with van der Waals surface area (Å²) < 4.78 is 0. The van der Waals surface area contributed by atoms with Crippen molar-refractivity contribution in [2.45, 2.75) is 12.8 Å². The van der Waals surface area contributed by atoms with Crippen molar-refractivity contribution in [1.29, 1.82) is 0 Å². The Morgan fingerprint density at radius 3 is 2.58 bits per heavy atom. The van der Waals surface area contributed by atoms with Crippen LogP contribution >= 0.6 is 11.8 Å². The number of allylic oxidation sites excluding steroid dienone is 1. The smallest absolute Gasteiger partial charge is 0.0140 e. The summed E-state index contributed by atoms with van der Waals surface area (Å²) in [5, 5.41) is 0. The van der Waals surface area contributed by atoms with Crippen LogP contribution in [0.2, 0.25) is 0 Å². The van der Waals surface area contributed by atoms with Gasteiger partial charge in [0.2, 0.25) is 0 Å². The summed E-state index contributed by atoms with van der Waals surface area (Å²) in [5.74, 6) is 0. The van der Waals surface area contributed by atoms with Crippen LogP contribution in [0, 0.1) is 0 Å². The Bertz CT molecular complexity index is 238. The van der Waals surface area contributed by atoms with Crippen LogP contribution in [0.15, 0.2) is 41.8 Å². The molecule has 0 nitrogen and oxygen atoms in total. The zero-order chi connectivity index (χ0) is 8.81. The lowest BCUT2D eigenvalue weighted by molar-refractivity contribution is 0.993. The molecule has 0 aliphatic carbocycles. The lowest BCUT2D eigenvalue weighted by Gasteiger charge is -2.01. The van der Waals surface area contributed by atoms with Gasteiger partial charge in [-0.1, -0.05) is 36.9 Å². The summed E-state index contributed by atoms with van der Waals surface area (Å²) in [6.45, 7) is 3.95. The van der Waals surface area contributed by atoms with Crippen molar-refractivity contribution in [1.82, 2.24) is 0 Å². The molecule has 12 heavy (non-hydrogen) atoms. The molecule has 0 atom stereocenters. The summed E-state index contributed by atoms with van der Waals surface area (Å²) in [7, 11) is 0. The molecule has 1 heteroatoms. The standard InChI is InChI=1S/C11H14S/c1-10(12-2)8-9-11-6-4-3-5-7-11/h3-7H,1,8-9H2,2H3. The molecule has 1 aromatic carbocycles. The Morgan fingerprint density at radius 1 is 1.33 bits per heavy atom. The summed E-state index contributed by atoms with van der Waals surface area (Å²) in [4.78, 5) is 1.26. The molecule has 0 aliphatic rings. The minimum Gasteiger partial charge on any atom is -0.135 e. The van der Waals surface area contributed by atoms with Gasteiger partial charge in [-0.05, 0) is 29.6 Å². The molecule has 0 radical (unpaired) electrons. The Kier molecular flexibility index (Phi) is 3.95. The van der Waals surface area contributed by atoms with Gasteiger partial charge in [0.05, 0.1) is 0 Å². The molecule has 1 aromatic rings. The van der Waals surface area contributed by atoms with Gasteiger partial charge in [-0.2, -0.15) is 0 Å². The van der Waals surface area contributed by atoms with Crippen molar-refractivity contribution >= 4 is 11.8 Å². The van der Waals surface area contributed by atoms with E-state index in [-0.39, 0.29) is 0 Å². The van der Waals surface area contributed by atoms with E-state index >= 15 is 0 Å². The van der Waals surface area contributed by atoms with Crippen LogP contribution in [0.5, 0.6) is 0 Å². The molecule has 0 amide bonds. The van der Waals surface area contributed by atoms with Crippen molar-refractivity contribution in [3.05, 3.63) is 47.4 Å². The third-order valence-corrected chi connectivity index (χ3v) is 2.61. The van der Waals surface area contributed by atoms with Crippen LogP contribution in [-0.4, -0.2) is 6.26 Å². The number of rotatable bonds is 4. The lowest BCUT2D eigenvalue weighted by atomic mass is 10.1. The average Bonchev–Trinajstić information content (AvgIpc) is 2.16. The average molecular weight is 178 g/mol. The number of thioether (sulfide) groups is 1. The van der Waals surface area contributed by atoms with Crippen LogP contribution in [0.25, 0.3) is 0 Å². The van der Waals surface area contributed by atoms with Crippen LogP contribution in [0.4, 0.5) is 0 Å². The van der Waals surface area contributed by atoms with E-state index in [1.807, 2.05) is 6.07 Å². The van der Waals surface area contributed by atoms with Crippen LogP contribution in [0.3, 0.4) is 0 Å². The molecule has 0 aromatic heterocycles. The highest BCUT2D eigenvalue weighted by atomic mass is 32.2. The maximum atomic E-state index is 3.95. The van der Waals surface area contributed by atoms with Crippen molar-refractivity contribution in [2.24, 2.45) is 0 Å². The van der Waals surface area contributed by atoms with E-state index in [1.54, 1.807) is 11.8 Å². The molecule has 0 saturated carbocycles. The zero-order valence-electron chi connectivity index (χ0n) is 7.42. The second-order valence-electron chi connectivity index (χ2n) is 2.73. The van der Waals surface area contributed by atoms with Gasteiger partial charge in [-0.15, -0.1) is 11.8 Å². The molecular formula is C11H14S. The monoisotopic (exact) mass is 178 g/mol. The summed E-state index contributed by atoms with van der Waals surface area (Å²) >= 11 is 1.75. The van der Waals surface area contributed by atoms with E-state index in [1.165, 1.54) is 10.5 Å². The SMILES string of the molecule is C=C(CCc1ccccc1)SC. The van der Waals surface area contributed by atoms with E-state index in [9.17, 15) is 0 Å². The third-order valence-electron chi connectivity index (χ3n) is 1.82. The lowest BCUT2D eigenvalue weighted by Crippen LogP contribution is -1.84. The quantitative estimate of drug-likeness (QED) is 0.680. The Hall–Kier alpha value is -0.690. The zero-order valence-corrected chi connectivity index (χ0v) is 8.23. The number of benzene rings is 1. The predicted molar refractivity (Wildman–Crippen MR) is 57.4 cm³/mol. The Balaban J connectivity index is 2.38. The van der Waals surface area contributed by atoms with Gasteiger partial charge in [0.25, 0.3) is 0 Å². The largest absolute Gasteiger partial charge is 0.135 e. The molecule has 64 valence electrons. The summed E-state index contributed by atoms with van der Waals surface area (Å²) in [5.41, 5.74) is 1.40. The van der Waals surface area contributed by atoms with Gasteiger partial charge >= 0.3 is 0 Å². The molecule has 0 spiro atoms. The first-order valence-corrected chi connectivity index (χ1v) is 5.31. The fourth-order valence-corrected chi connectivity index (χ4v) is 1.34. The van der Waals surface area contributed by atoms with Crippen molar-refractivity contribution in [3.8, 4) is 0 Å². The molecular weight excluding hydrogens is 164 g/mol. The molecule has 0 heterocycles. The number of aryl methyl sites for hydroxylation is 1. The second-order valence-corrected chi connectivity index (χ2v) is 3.71. The van der Waals surface area contributed by atoms with Crippen molar-refractivity contribution < 1.29 is 0 Å². The van der Waals surface area contributed by atoms with Crippen LogP contribution < -0.4 is 0 Å². The fourth-order valence-electron chi connectivity index (χ4n) is 1.03. The van der Waals surface area contributed by atoms with E-state index in [0.717, 1.165) is 12.8 Å². The first-order chi connectivity index (χ1) is 5.83. The van der Waals surface area contributed by atoms with Crippen LogP contribution in [0.1, 0.15) is 12.0 Å². The summed E-state index contributed by atoms with van der Waals surface area (Å²) in [6, 6.07) is 10.5. The first kappa shape index (κ1) is 9.40. The third kappa shape index (κ3) is 3.14. The Labute approximate surface area is 78.7 Å². The van der Waals surface area contributed by atoms with Crippen molar-refractivity contribution in [2.75, 3.05) is 6.26 Å². The second kappa shape index (κ2) is 5.04. The highest BCUT2D eigenvalue weighted by Crippen LogP contribution is 2.15. The van der Waals surface area contributed by atoms with Crippen LogP contribution in [-0.2, 0) is 6.42 Å². The van der Waals surface area contributed by atoms with Gasteiger partial charge in [0.1, 0.15) is 0 Å². The van der Waals surface area contributed by atoms with E-state index < -0.39 is 0 Å². The fraction of sp³-hybridized carbons (Fsp3) is 0.273. The van der Waals surface area contributed by atoms with Gasteiger partial charge in [-0.3, -0.25) is 0 Å². The highest BCUT2D eigenvalue weighted by molar-refractivity contribution is 8.02. The molecule has 1 rings (SSSR count). The molecule has 0 unspecified atom stereocenters. The van der Waals surface area contributed by atoms with Gasteiger partial charge in [0, 0.05) is 0 Å².